The first-order chi connectivity index (χ1) is 9.13. The van der Waals surface area contributed by atoms with Crippen LogP contribution in [0.4, 0.5) is 5.69 Å². The standard InChI is InChI=1S/C15H22N2O2/c1-11-6-4-3-5-9-17(11)15(18)12-7-8-13(16)14(10-12)19-2/h7-8,10-11H,3-6,9,16H2,1-2H3. The smallest absolute Gasteiger partial charge is 0.254 e. The van der Waals surface area contributed by atoms with E-state index in [1.807, 2.05) is 4.90 Å². The number of carbonyl (C=O) groups excluding carboxylic acids is 1. The van der Waals surface area contributed by atoms with Crippen LogP contribution in [0.2, 0.25) is 0 Å². The molecule has 1 aromatic rings. The minimum Gasteiger partial charge on any atom is -0.495 e. The maximum atomic E-state index is 12.6. The summed E-state index contributed by atoms with van der Waals surface area (Å²) in [5.74, 6) is 0.640. The third-order valence-electron chi connectivity index (χ3n) is 3.79. The minimum absolute atomic E-state index is 0.0766. The van der Waals surface area contributed by atoms with Crippen molar-refractivity contribution in [3.63, 3.8) is 0 Å². The van der Waals surface area contributed by atoms with Crippen LogP contribution >= 0.6 is 0 Å². The van der Waals surface area contributed by atoms with Gasteiger partial charge in [0.1, 0.15) is 5.75 Å². The fourth-order valence-electron chi connectivity index (χ4n) is 2.59. The van der Waals surface area contributed by atoms with Crippen LogP contribution in [0.25, 0.3) is 0 Å². The van der Waals surface area contributed by atoms with Gasteiger partial charge in [-0.15, -0.1) is 0 Å². The van der Waals surface area contributed by atoms with Crippen molar-refractivity contribution in [3.05, 3.63) is 23.8 Å². The zero-order valence-corrected chi connectivity index (χ0v) is 11.7. The molecule has 104 valence electrons. The highest BCUT2D eigenvalue weighted by molar-refractivity contribution is 5.95. The van der Waals surface area contributed by atoms with Crippen LogP contribution in [0.15, 0.2) is 18.2 Å². The van der Waals surface area contributed by atoms with Crippen molar-refractivity contribution in [2.45, 2.75) is 38.6 Å². The monoisotopic (exact) mass is 262 g/mol. The molecule has 19 heavy (non-hydrogen) atoms. The average molecular weight is 262 g/mol. The molecule has 0 saturated carbocycles. The third-order valence-corrected chi connectivity index (χ3v) is 3.79. The van der Waals surface area contributed by atoms with E-state index in [1.165, 1.54) is 12.8 Å². The van der Waals surface area contributed by atoms with Gasteiger partial charge in [-0.1, -0.05) is 12.8 Å². The SMILES string of the molecule is COc1cc(C(=O)N2CCCCCC2C)ccc1N. The molecule has 0 aromatic heterocycles. The largest absolute Gasteiger partial charge is 0.495 e. The topological polar surface area (TPSA) is 55.6 Å². The number of likely N-dealkylation sites (tertiary alicyclic amines) is 1. The van der Waals surface area contributed by atoms with E-state index in [9.17, 15) is 4.79 Å². The lowest BCUT2D eigenvalue weighted by atomic mass is 10.1. The van der Waals surface area contributed by atoms with Crippen LogP contribution in [0.1, 0.15) is 43.0 Å². The zero-order valence-electron chi connectivity index (χ0n) is 11.7. The van der Waals surface area contributed by atoms with Gasteiger partial charge in [0.2, 0.25) is 0 Å². The molecular formula is C15H22N2O2. The lowest BCUT2D eigenvalue weighted by Crippen LogP contribution is -2.38. The van der Waals surface area contributed by atoms with Crippen molar-refractivity contribution in [3.8, 4) is 5.75 Å². The Bertz CT molecular complexity index is 459. The summed E-state index contributed by atoms with van der Waals surface area (Å²) in [5.41, 5.74) is 6.99. The van der Waals surface area contributed by atoms with Gasteiger partial charge in [-0.05, 0) is 38.0 Å². The Morgan fingerprint density at radius 2 is 2.16 bits per heavy atom. The van der Waals surface area contributed by atoms with E-state index in [1.54, 1.807) is 25.3 Å². The number of nitrogens with zero attached hydrogens (tertiary/aromatic N) is 1. The molecule has 1 aliphatic rings. The molecule has 1 atom stereocenters. The number of rotatable bonds is 2. The molecular weight excluding hydrogens is 240 g/mol. The predicted octanol–water partition coefficient (Wildman–Crippen LogP) is 2.68. The Balaban J connectivity index is 2.22. The molecule has 1 amide bonds. The second-order valence-corrected chi connectivity index (χ2v) is 5.15. The fraction of sp³-hybridized carbons (Fsp3) is 0.533. The van der Waals surface area contributed by atoms with Crippen molar-refractivity contribution in [2.75, 3.05) is 19.4 Å². The van der Waals surface area contributed by atoms with Gasteiger partial charge >= 0.3 is 0 Å². The lowest BCUT2D eigenvalue weighted by molar-refractivity contribution is 0.0697. The molecule has 4 heteroatoms. The maximum Gasteiger partial charge on any atom is 0.254 e. The summed E-state index contributed by atoms with van der Waals surface area (Å²) >= 11 is 0. The van der Waals surface area contributed by atoms with Crippen LogP contribution in [0, 0.1) is 0 Å². The molecule has 2 rings (SSSR count). The normalized spacial score (nSPS) is 19.9. The molecule has 1 heterocycles. The van der Waals surface area contributed by atoms with Crippen LogP contribution in [-0.2, 0) is 0 Å². The number of hydrogen-bond donors (Lipinski definition) is 1. The van der Waals surface area contributed by atoms with E-state index in [0.717, 1.165) is 19.4 Å². The molecule has 0 radical (unpaired) electrons. The molecule has 0 bridgehead atoms. The van der Waals surface area contributed by atoms with Crippen LogP contribution < -0.4 is 10.5 Å². The van der Waals surface area contributed by atoms with Gasteiger partial charge in [0, 0.05) is 18.2 Å². The third kappa shape index (κ3) is 3.00. The molecule has 1 aliphatic heterocycles. The first kappa shape index (κ1) is 13.7. The fourth-order valence-corrected chi connectivity index (χ4v) is 2.59. The Hall–Kier alpha value is -1.71. The molecule has 2 N–H and O–H groups in total. The van der Waals surface area contributed by atoms with E-state index >= 15 is 0 Å². The molecule has 1 saturated heterocycles. The highest BCUT2D eigenvalue weighted by atomic mass is 16.5. The lowest BCUT2D eigenvalue weighted by Gasteiger charge is -2.27. The summed E-state index contributed by atoms with van der Waals surface area (Å²) in [6, 6.07) is 5.54. The molecule has 1 fully saturated rings. The van der Waals surface area contributed by atoms with Gasteiger partial charge in [-0.25, -0.2) is 0 Å². The number of benzene rings is 1. The Kier molecular flexibility index (Phi) is 4.30. The van der Waals surface area contributed by atoms with Crippen molar-refractivity contribution in [2.24, 2.45) is 0 Å². The first-order valence-corrected chi connectivity index (χ1v) is 6.88. The maximum absolute atomic E-state index is 12.6. The van der Waals surface area contributed by atoms with Gasteiger partial charge in [0.25, 0.3) is 5.91 Å². The van der Waals surface area contributed by atoms with Gasteiger partial charge < -0.3 is 15.4 Å². The highest BCUT2D eigenvalue weighted by Crippen LogP contribution is 2.25. The summed E-state index contributed by atoms with van der Waals surface area (Å²) in [5, 5.41) is 0. The molecule has 0 aliphatic carbocycles. The van der Waals surface area contributed by atoms with Crippen molar-refractivity contribution >= 4 is 11.6 Å². The van der Waals surface area contributed by atoms with E-state index in [-0.39, 0.29) is 5.91 Å². The average Bonchev–Trinajstić information content (AvgIpc) is 2.63. The zero-order chi connectivity index (χ0) is 13.8. The van der Waals surface area contributed by atoms with Gasteiger partial charge in [0.05, 0.1) is 12.8 Å². The second-order valence-electron chi connectivity index (χ2n) is 5.15. The number of anilines is 1. The van der Waals surface area contributed by atoms with Crippen LogP contribution in [0.5, 0.6) is 5.75 Å². The van der Waals surface area contributed by atoms with Crippen molar-refractivity contribution < 1.29 is 9.53 Å². The molecule has 1 aromatic carbocycles. The van der Waals surface area contributed by atoms with Crippen molar-refractivity contribution in [1.82, 2.24) is 4.90 Å². The summed E-state index contributed by atoms with van der Waals surface area (Å²) in [6.07, 6.45) is 4.58. The van der Waals surface area contributed by atoms with E-state index < -0.39 is 0 Å². The minimum atomic E-state index is 0.0766. The van der Waals surface area contributed by atoms with Gasteiger partial charge in [0.15, 0.2) is 0 Å². The van der Waals surface area contributed by atoms with Gasteiger partial charge in [-0.2, -0.15) is 0 Å². The van der Waals surface area contributed by atoms with Crippen LogP contribution in [-0.4, -0.2) is 30.5 Å². The summed E-state index contributed by atoms with van der Waals surface area (Å²) < 4.78 is 5.18. The van der Waals surface area contributed by atoms with Crippen LogP contribution in [0.3, 0.4) is 0 Å². The van der Waals surface area contributed by atoms with E-state index in [4.69, 9.17) is 10.5 Å². The summed E-state index contributed by atoms with van der Waals surface area (Å²) in [4.78, 5) is 14.5. The number of nitrogens with two attached hydrogens (primary N) is 1. The van der Waals surface area contributed by atoms with E-state index in [0.29, 0.717) is 23.0 Å². The number of methoxy groups -OCH3 is 1. The number of hydrogen-bond acceptors (Lipinski definition) is 3. The Morgan fingerprint density at radius 3 is 2.89 bits per heavy atom. The number of carbonyl (C=O) groups is 1. The highest BCUT2D eigenvalue weighted by Gasteiger charge is 2.23. The summed E-state index contributed by atoms with van der Waals surface area (Å²) in [6.45, 7) is 2.96. The summed E-state index contributed by atoms with van der Waals surface area (Å²) in [7, 11) is 1.56. The van der Waals surface area contributed by atoms with Gasteiger partial charge in [-0.3, -0.25) is 4.79 Å². The Morgan fingerprint density at radius 1 is 1.37 bits per heavy atom. The van der Waals surface area contributed by atoms with E-state index in [2.05, 4.69) is 6.92 Å². The predicted molar refractivity (Wildman–Crippen MR) is 76.4 cm³/mol. The van der Waals surface area contributed by atoms with Crippen molar-refractivity contribution in [1.29, 1.82) is 0 Å². The quantitative estimate of drug-likeness (QED) is 0.834. The number of amides is 1. The molecule has 0 spiro atoms. The Labute approximate surface area is 114 Å². The second kappa shape index (κ2) is 5.95. The number of ether oxygens (including phenoxy) is 1. The molecule has 1 unspecified atom stereocenters. The number of nitrogen functional groups attached to an aromatic ring is 1. The first-order valence-electron chi connectivity index (χ1n) is 6.88. The molecule has 4 nitrogen and oxygen atoms in total.